The average Bonchev–Trinajstić information content (AvgIpc) is 2.31. The van der Waals surface area contributed by atoms with Crippen molar-refractivity contribution in [2.24, 2.45) is 0 Å². The zero-order chi connectivity index (χ0) is 16.2. The third-order valence-electron chi connectivity index (χ3n) is 2.60. The molecule has 0 atom stereocenters. The van der Waals surface area contributed by atoms with Crippen LogP contribution in [-0.4, -0.2) is 29.3 Å². The minimum absolute atomic E-state index is 0.162. The van der Waals surface area contributed by atoms with Crippen LogP contribution in [-0.2, 0) is 20.9 Å². The van der Waals surface area contributed by atoms with Crippen molar-refractivity contribution in [3.63, 3.8) is 0 Å². The summed E-state index contributed by atoms with van der Waals surface area (Å²) < 4.78 is 11.3. The van der Waals surface area contributed by atoms with Crippen molar-refractivity contribution in [3.8, 4) is 0 Å². The predicted molar refractivity (Wildman–Crippen MR) is 86.4 cm³/mol. The van der Waals surface area contributed by atoms with Gasteiger partial charge >= 0.3 is 11.9 Å². The fourth-order valence-electron chi connectivity index (χ4n) is 1.62. The molecule has 0 fully saturated rings. The molecule has 0 aliphatic heterocycles. The first-order chi connectivity index (χ1) is 9.60. The monoisotopic (exact) mass is 406 g/mol. The van der Waals surface area contributed by atoms with Crippen molar-refractivity contribution in [1.29, 1.82) is 0 Å². The Balaban J connectivity index is 2.67. The summed E-state index contributed by atoms with van der Waals surface area (Å²) in [6.07, 6.45) is 0. The molecule has 0 unspecified atom stereocenters. The molecular weight excluding hydrogens is 387 g/mol. The second-order valence-corrected chi connectivity index (χ2v) is 6.79. The van der Waals surface area contributed by atoms with Crippen LogP contribution in [0.25, 0.3) is 0 Å². The fraction of sp³-hybridized carbons (Fsp3) is 0.467. The van der Waals surface area contributed by atoms with Crippen LogP contribution in [0, 0.1) is 10.5 Å². The first-order valence-corrected chi connectivity index (χ1v) is 7.50. The number of benzene rings is 1. The Kier molecular flexibility index (Phi) is 6.15. The van der Waals surface area contributed by atoms with Gasteiger partial charge in [0.05, 0.1) is 12.2 Å². The number of halogens is 1. The van der Waals surface area contributed by atoms with E-state index in [-0.39, 0.29) is 18.8 Å². The zero-order valence-corrected chi connectivity index (χ0v) is 14.7. The van der Waals surface area contributed by atoms with Gasteiger partial charge in [-0.15, -0.1) is 0 Å². The van der Waals surface area contributed by atoms with Gasteiger partial charge in [-0.25, -0.2) is 9.59 Å². The molecule has 0 aliphatic carbocycles. The third-order valence-corrected chi connectivity index (χ3v) is 3.72. The molecular formula is C15H19IO5. The number of rotatable bonds is 5. The standard InChI is InChI=1S/C15H19IO5/c1-9-11(5-10(14(18)19)6-12(9)16)7-20-8-13(17)21-15(2,3)4/h5-6H,7-8H2,1-4H3,(H,18,19). The molecule has 5 nitrogen and oxygen atoms in total. The number of aromatic carboxylic acids is 1. The van der Waals surface area contributed by atoms with Crippen LogP contribution in [0.3, 0.4) is 0 Å². The highest BCUT2D eigenvalue weighted by molar-refractivity contribution is 14.1. The molecule has 0 bridgehead atoms. The number of ether oxygens (including phenoxy) is 2. The van der Waals surface area contributed by atoms with E-state index in [1.165, 1.54) is 0 Å². The van der Waals surface area contributed by atoms with Crippen molar-refractivity contribution in [2.45, 2.75) is 39.9 Å². The van der Waals surface area contributed by atoms with Gasteiger partial charge in [0, 0.05) is 3.57 Å². The molecule has 21 heavy (non-hydrogen) atoms. The van der Waals surface area contributed by atoms with Crippen LogP contribution in [0.4, 0.5) is 0 Å². The van der Waals surface area contributed by atoms with Crippen LogP contribution < -0.4 is 0 Å². The lowest BCUT2D eigenvalue weighted by Gasteiger charge is -2.19. The molecule has 1 aromatic carbocycles. The van der Waals surface area contributed by atoms with Gasteiger partial charge in [-0.3, -0.25) is 0 Å². The van der Waals surface area contributed by atoms with Crippen LogP contribution >= 0.6 is 22.6 Å². The molecule has 116 valence electrons. The zero-order valence-electron chi connectivity index (χ0n) is 12.5. The highest BCUT2D eigenvalue weighted by atomic mass is 127. The summed E-state index contributed by atoms with van der Waals surface area (Å²) in [5.74, 6) is -1.43. The van der Waals surface area contributed by atoms with Crippen molar-refractivity contribution < 1.29 is 24.2 Å². The van der Waals surface area contributed by atoms with E-state index >= 15 is 0 Å². The number of hydrogen-bond donors (Lipinski definition) is 1. The summed E-state index contributed by atoms with van der Waals surface area (Å²) >= 11 is 2.08. The SMILES string of the molecule is Cc1c(I)cc(C(=O)O)cc1COCC(=O)OC(C)(C)C. The molecule has 0 aliphatic rings. The summed E-state index contributed by atoms with van der Waals surface area (Å²) in [4.78, 5) is 22.6. The number of esters is 1. The Bertz CT molecular complexity index is 546. The number of carboxylic acids is 1. The second kappa shape index (κ2) is 7.22. The van der Waals surface area contributed by atoms with Gasteiger partial charge in [0.2, 0.25) is 0 Å². The molecule has 0 saturated heterocycles. The number of carboxylic acid groups (broad SMARTS) is 1. The van der Waals surface area contributed by atoms with Gasteiger partial charge in [0.1, 0.15) is 12.2 Å². The van der Waals surface area contributed by atoms with Gasteiger partial charge in [-0.1, -0.05) is 0 Å². The molecule has 1 N–H and O–H groups in total. The number of hydrogen-bond acceptors (Lipinski definition) is 4. The van der Waals surface area contributed by atoms with E-state index < -0.39 is 17.5 Å². The van der Waals surface area contributed by atoms with Gasteiger partial charge in [0.25, 0.3) is 0 Å². The van der Waals surface area contributed by atoms with E-state index in [0.29, 0.717) is 0 Å². The number of carbonyl (C=O) groups is 2. The Morgan fingerprint density at radius 1 is 1.29 bits per heavy atom. The van der Waals surface area contributed by atoms with E-state index in [1.54, 1.807) is 32.9 Å². The van der Waals surface area contributed by atoms with Crippen molar-refractivity contribution in [3.05, 3.63) is 32.4 Å². The average molecular weight is 406 g/mol. The van der Waals surface area contributed by atoms with Crippen LogP contribution in [0.15, 0.2) is 12.1 Å². The third kappa shape index (κ3) is 6.01. The van der Waals surface area contributed by atoms with Crippen molar-refractivity contribution in [2.75, 3.05) is 6.61 Å². The molecule has 1 aromatic rings. The summed E-state index contributed by atoms with van der Waals surface area (Å²) in [6.45, 7) is 7.25. The highest BCUT2D eigenvalue weighted by Crippen LogP contribution is 2.20. The molecule has 0 amide bonds. The predicted octanol–water partition coefficient (Wildman–Crippen LogP) is 3.16. The maximum atomic E-state index is 11.5. The van der Waals surface area contributed by atoms with Crippen LogP contribution in [0.1, 0.15) is 42.3 Å². The maximum Gasteiger partial charge on any atom is 0.335 e. The highest BCUT2D eigenvalue weighted by Gasteiger charge is 2.16. The lowest BCUT2D eigenvalue weighted by molar-refractivity contribution is -0.160. The second-order valence-electron chi connectivity index (χ2n) is 5.63. The summed E-state index contributed by atoms with van der Waals surface area (Å²) in [7, 11) is 0. The molecule has 1 rings (SSSR count). The smallest absolute Gasteiger partial charge is 0.335 e. The van der Waals surface area contributed by atoms with E-state index in [9.17, 15) is 9.59 Å². The van der Waals surface area contributed by atoms with Gasteiger partial charge in [0.15, 0.2) is 0 Å². The Hall–Kier alpha value is -1.15. The van der Waals surface area contributed by atoms with Crippen molar-refractivity contribution in [1.82, 2.24) is 0 Å². The lowest BCUT2D eigenvalue weighted by atomic mass is 10.1. The summed E-state index contributed by atoms with van der Waals surface area (Å²) in [6, 6.07) is 3.17. The summed E-state index contributed by atoms with van der Waals surface area (Å²) in [5.41, 5.74) is 1.36. The van der Waals surface area contributed by atoms with Gasteiger partial charge in [-0.2, -0.15) is 0 Å². The van der Waals surface area contributed by atoms with Crippen molar-refractivity contribution >= 4 is 34.5 Å². The first-order valence-electron chi connectivity index (χ1n) is 6.42. The largest absolute Gasteiger partial charge is 0.478 e. The summed E-state index contributed by atoms with van der Waals surface area (Å²) in [5, 5.41) is 9.05. The molecule has 0 spiro atoms. The number of carbonyl (C=O) groups excluding carboxylic acids is 1. The molecule has 0 saturated carbocycles. The van der Waals surface area contributed by atoms with E-state index in [4.69, 9.17) is 14.6 Å². The van der Waals surface area contributed by atoms with Crippen LogP contribution in [0.2, 0.25) is 0 Å². The van der Waals surface area contributed by atoms with E-state index in [1.807, 2.05) is 6.92 Å². The normalized spacial score (nSPS) is 11.3. The quantitative estimate of drug-likeness (QED) is 0.601. The van der Waals surface area contributed by atoms with Gasteiger partial charge in [-0.05, 0) is 73.5 Å². The minimum Gasteiger partial charge on any atom is -0.478 e. The molecule has 0 radical (unpaired) electrons. The Labute approximate surface area is 137 Å². The fourth-order valence-corrected chi connectivity index (χ4v) is 2.31. The van der Waals surface area contributed by atoms with E-state index in [2.05, 4.69) is 22.6 Å². The lowest BCUT2D eigenvalue weighted by Crippen LogP contribution is -2.26. The molecule has 0 aromatic heterocycles. The van der Waals surface area contributed by atoms with Gasteiger partial charge < -0.3 is 14.6 Å². The molecule has 6 heteroatoms. The minimum atomic E-state index is -0.985. The first kappa shape index (κ1) is 17.9. The Morgan fingerprint density at radius 2 is 1.90 bits per heavy atom. The molecule has 0 heterocycles. The topological polar surface area (TPSA) is 72.8 Å². The van der Waals surface area contributed by atoms with Crippen LogP contribution in [0.5, 0.6) is 0 Å². The maximum absolute atomic E-state index is 11.5. The Morgan fingerprint density at radius 3 is 2.43 bits per heavy atom. The van der Waals surface area contributed by atoms with E-state index in [0.717, 1.165) is 14.7 Å².